The van der Waals surface area contributed by atoms with Crippen molar-refractivity contribution in [2.75, 3.05) is 14.2 Å². The van der Waals surface area contributed by atoms with Crippen LogP contribution in [0.2, 0.25) is 0 Å². The number of ether oxygens (including phenoxy) is 2. The summed E-state index contributed by atoms with van der Waals surface area (Å²) in [6.07, 6.45) is 3.02. The van der Waals surface area contributed by atoms with E-state index in [-0.39, 0.29) is 0 Å². The molecule has 0 saturated carbocycles. The molecule has 0 bridgehead atoms. The van der Waals surface area contributed by atoms with Crippen molar-refractivity contribution < 1.29 is 14.3 Å². The lowest BCUT2D eigenvalue weighted by Gasteiger charge is -2.08. The molecule has 0 unspecified atom stereocenters. The molecule has 0 fully saturated rings. The molecule has 0 aliphatic rings. The fourth-order valence-electron chi connectivity index (χ4n) is 1.27. The molecule has 0 atom stereocenters. The molecular weight excluding hydrogens is 272 g/mol. The van der Waals surface area contributed by atoms with E-state index in [2.05, 4.69) is 20.7 Å². The fraction of sp³-hybridized carbons (Fsp3) is 0.250. The lowest BCUT2D eigenvalue weighted by molar-refractivity contribution is -0.134. The van der Waals surface area contributed by atoms with E-state index >= 15 is 0 Å². The molecule has 1 aromatic carbocycles. The van der Waals surface area contributed by atoms with Gasteiger partial charge in [0.1, 0.15) is 5.75 Å². The van der Waals surface area contributed by atoms with Crippen molar-refractivity contribution in [1.82, 2.24) is 0 Å². The van der Waals surface area contributed by atoms with Gasteiger partial charge < -0.3 is 9.47 Å². The first-order valence-electron chi connectivity index (χ1n) is 4.68. The van der Waals surface area contributed by atoms with Gasteiger partial charge in [0, 0.05) is 16.1 Å². The van der Waals surface area contributed by atoms with Gasteiger partial charge in [-0.05, 0) is 30.7 Å². The monoisotopic (exact) mass is 284 g/mol. The van der Waals surface area contributed by atoms with E-state index < -0.39 is 5.97 Å². The highest BCUT2D eigenvalue weighted by atomic mass is 79.9. The number of halogens is 1. The van der Waals surface area contributed by atoms with E-state index in [1.165, 1.54) is 13.2 Å². The Morgan fingerprint density at radius 2 is 2.06 bits per heavy atom. The Kier molecular flexibility index (Phi) is 4.55. The lowest BCUT2D eigenvalue weighted by Crippen LogP contribution is -1.95. The highest BCUT2D eigenvalue weighted by Gasteiger charge is 2.06. The quantitative estimate of drug-likeness (QED) is 0.632. The van der Waals surface area contributed by atoms with Gasteiger partial charge in [0.05, 0.1) is 14.2 Å². The number of esters is 1. The van der Waals surface area contributed by atoms with E-state index in [0.29, 0.717) is 5.75 Å². The van der Waals surface area contributed by atoms with Crippen LogP contribution in [0.25, 0.3) is 6.08 Å². The zero-order valence-electron chi connectivity index (χ0n) is 9.41. The van der Waals surface area contributed by atoms with Crippen LogP contribution in [0.5, 0.6) is 5.75 Å². The summed E-state index contributed by atoms with van der Waals surface area (Å²) in [4.78, 5) is 11.0. The van der Waals surface area contributed by atoms with Gasteiger partial charge >= 0.3 is 5.97 Å². The van der Waals surface area contributed by atoms with Crippen molar-refractivity contribution in [3.05, 3.63) is 33.8 Å². The van der Waals surface area contributed by atoms with E-state index in [9.17, 15) is 4.79 Å². The first-order valence-corrected chi connectivity index (χ1v) is 5.48. The molecule has 0 heterocycles. The van der Waals surface area contributed by atoms with Crippen LogP contribution in [0, 0.1) is 6.92 Å². The highest BCUT2D eigenvalue weighted by molar-refractivity contribution is 9.10. The molecule has 3 nitrogen and oxygen atoms in total. The summed E-state index contributed by atoms with van der Waals surface area (Å²) in [6.45, 7) is 1.97. The van der Waals surface area contributed by atoms with Gasteiger partial charge in [0.25, 0.3) is 0 Å². The molecule has 86 valence electrons. The maximum Gasteiger partial charge on any atom is 0.330 e. The van der Waals surface area contributed by atoms with Gasteiger partial charge in [0.2, 0.25) is 0 Å². The van der Waals surface area contributed by atoms with E-state index in [0.717, 1.165) is 15.6 Å². The molecule has 0 aromatic heterocycles. The minimum atomic E-state index is -0.394. The third-order valence-electron chi connectivity index (χ3n) is 2.04. The van der Waals surface area contributed by atoms with E-state index in [4.69, 9.17) is 4.74 Å². The summed E-state index contributed by atoms with van der Waals surface area (Å²) in [5.41, 5.74) is 1.90. The normalized spacial score (nSPS) is 10.5. The predicted molar refractivity (Wildman–Crippen MR) is 66.5 cm³/mol. The smallest absolute Gasteiger partial charge is 0.330 e. The van der Waals surface area contributed by atoms with Crippen LogP contribution in [-0.4, -0.2) is 20.2 Å². The average molecular weight is 285 g/mol. The first kappa shape index (κ1) is 12.8. The lowest BCUT2D eigenvalue weighted by atomic mass is 10.1. The molecule has 0 radical (unpaired) electrons. The van der Waals surface area contributed by atoms with E-state index in [1.54, 1.807) is 13.2 Å². The van der Waals surface area contributed by atoms with Crippen molar-refractivity contribution in [2.24, 2.45) is 0 Å². The van der Waals surface area contributed by atoms with Gasteiger partial charge in [-0.2, -0.15) is 0 Å². The minimum Gasteiger partial charge on any atom is -0.496 e. The maximum atomic E-state index is 11.0. The summed E-state index contributed by atoms with van der Waals surface area (Å²) < 4.78 is 10.6. The summed E-state index contributed by atoms with van der Waals surface area (Å²) >= 11 is 3.43. The number of rotatable bonds is 3. The Hall–Kier alpha value is -1.29. The second-order valence-electron chi connectivity index (χ2n) is 3.22. The number of hydrogen-bond donors (Lipinski definition) is 0. The number of benzene rings is 1. The molecule has 0 saturated heterocycles. The molecule has 0 aliphatic heterocycles. The predicted octanol–water partition coefficient (Wildman–Crippen LogP) is 2.95. The second-order valence-corrected chi connectivity index (χ2v) is 4.07. The maximum absolute atomic E-state index is 11.0. The van der Waals surface area contributed by atoms with Crippen LogP contribution in [0.1, 0.15) is 11.1 Å². The van der Waals surface area contributed by atoms with Crippen molar-refractivity contribution in [1.29, 1.82) is 0 Å². The number of aryl methyl sites for hydroxylation is 1. The third kappa shape index (κ3) is 3.10. The molecule has 0 amide bonds. The molecule has 1 rings (SSSR count). The topological polar surface area (TPSA) is 35.5 Å². The minimum absolute atomic E-state index is 0.394. The SMILES string of the molecule is COC(=O)/C=C/c1c(Br)cc(C)cc1OC. The average Bonchev–Trinajstić information content (AvgIpc) is 2.26. The van der Waals surface area contributed by atoms with Crippen LogP contribution in [0.4, 0.5) is 0 Å². The molecule has 0 N–H and O–H groups in total. The fourth-order valence-corrected chi connectivity index (χ4v) is 1.96. The number of carbonyl (C=O) groups excluding carboxylic acids is 1. The van der Waals surface area contributed by atoms with Crippen LogP contribution < -0.4 is 4.74 Å². The molecular formula is C12H13BrO3. The van der Waals surface area contributed by atoms with Crippen molar-refractivity contribution >= 4 is 28.0 Å². The standard InChI is InChI=1S/C12H13BrO3/c1-8-6-10(13)9(11(7-8)15-2)4-5-12(14)16-3/h4-7H,1-3H3/b5-4+. The zero-order chi connectivity index (χ0) is 12.1. The Morgan fingerprint density at radius 1 is 1.38 bits per heavy atom. The largest absolute Gasteiger partial charge is 0.496 e. The van der Waals surface area contributed by atoms with Gasteiger partial charge in [-0.1, -0.05) is 15.9 Å². The van der Waals surface area contributed by atoms with Crippen LogP contribution in [0.15, 0.2) is 22.7 Å². The van der Waals surface area contributed by atoms with E-state index in [1.807, 2.05) is 19.1 Å². The number of hydrogen-bond acceptors (Lipinski definition) is 3. The van der Waals surface area contributed by atoms with Crippen molar-refractivity contribution in [3.63, 3.8) is 0 Å². The first-order chi connectivity index (χ1) is 7.58. The third-order valence-corrected chi connectivity index (χ3v) is 2.70. The van der Waals surface area contributed by atoms with Gasteiger partial charge in [-0.15, -0.1) is 0 Å². The summed E-state index contributed by atoms with van der Waals surface area (Å²) in [7, 11) is 2.94. The van der Waals surface area contributed by atoms with Crippen LogP contribution in [0.3, 0.4) is 0 Å². The van der Waals surface area contributed by atoms with Gasteiger partial charge in [-0.25, -0.2) is 4.79 Å². The Morgan fingerprint density at radius 3 is 2.62 bits per heavy atom. The Bertz CT molecular complexity index is 425. The summed E-state index contributed by atoms with van der Waals surface area (Å²) in [6, 6.07) is 3.86. The molecule has 4 heteroatoms. The molecule has 0 spiro atoms. The van der Waals surface area contributed by atoms with Crippen molar-refractivity contribution in [2.45, 2.75) is 6.92 Å². The summed E-state index contributed by atoms with van der Waals surface area (Å²) in [5, 5.41) is 0. The zero-order valence-corrected chi connectivity index (χ0v) is 11.0. The van der Waals surface area contributed by atoms with Crippen LogP contribution >= 0.6 is 15.9 Å². The Balaban J connectivity index is 3.12. The number of carbonyl (C=O) groups is 1. The second kappa shape index (κ2) is 5.70. The highest BCUT2D eigenvalue weighted by Crippen LogP contribution is 2.29. The molecule has 1 aromatic rings. The Labute approximate surface area is 103 Å². The van der Waals surface area contributed by atoms with Gasteiger partial charge in [-0.3, -0.25) is 0 Å². The van der Waals surface area contributed by atoms with Crippen LogP contribution in [-0.2, 0) is 9.53 Å². The molecule has 0 aliphatic carbocycles. The molecule has 16 heavy (non-hydrogen) atoms. The summed E-state index contributed by atoms with van der Waals surface area (Å²) in [5.74, 6) is 0.321. The van der Waals surface area contributed by atoms with Gasteiger partial charge in [0.15, 0.2) is 0 Å². The number of methoxy groups -OCH3 is 2. The van der Waals surface area contributed by atoms with Crippen molar-refractivity contribution in [3.8, 4) is 5.75 Å².